The first-order chi connectivity index (χ1) is 17.3. The predicted octanol–water partition coefficient (Wildman–Crippen LogP) is 6.03. The number of halogens is 1. The van der Waals surface area contributed by atoms with E-state index in [0.29, 0.717) is 35.0 Å². The molecule has 0 aliphatic rings. The minimum Gasteiger partial charge on any atom is -0.494 e. The van der Waals surface area contributed by atoms with Gasteiger partial charge in [0.1, 0.15) is 17.2 Å². The Hall–Kier alpha value is -3.65. The molecule has 8 heteroatoms. The molecule has 36 heavy (non-hydrogen) atoms. The number of nitrogens with zero attached hydrogens (tertiary/aromatic N) is 1. The van der Waals surface area contributed by atoms with Gasteiger partial charge >= 0.3 is 5.97 Å². The number of rotatable bonds is 10. The Morgan fingerprint density at radius 3 is 2.44 bits per heavy atom. The van der Waals surface area contributed by atoms with Crippen LogP contribution in [0.25, 0.3) is 0 Å². The topological polar surface area (TPSA) is 86.2 Å². The fourth-order valence-corrected chi connectivity index (χ4v) is 3.70. The molecule has 3 rings (SSSR count). The molecule has 3 aromatic rings. The van der Waals surface area contributed by atoms with Gasteiger partial charge in [-0.05, 0) is 79.4 Å². The maximum Gasteiger partial charge on any atom is 0.343 e. The Labute approximate surface area is 219 Å². The number of hydrogen-bond acceptors (Lipinski definition) is 6. The summed E-state index contributed by atoms with van der Waals surface area (Å²) >= 11 is 3.40. The van der Waals surface area contributed by atoms with Gasteiger partial charge in [0.25, 0.3) is 5.91 Å². The van der Waals surface area contributed by atoms with Crippen LogP contribution in [0.1, 0.15) is 53.7 Å². The molecule has 0 saturated heterocycles. The number of ether oxygens (including phenoxy) is 3. The molecule has 0 aliphatic heterocycles. The van der Waals surface area contributed by atoms with Crippen molar-refractivity contribution in [1.82, 2.24) is 5.43 Å². The summed E-state index contributed by atoms with van der Waals surface area (Å²) in [5.74, 6) is 0.985. The molecule has 0 aromatic heterocycles. The fourth-order valence-electron chi connectivity index (χ4n) is 3.32. The quantitative estimate of drug-likeness (QED) is 0.144. The highest BCUT2D eigenvalue weighted by Crippen LogP contribution is 2.27. The van der Waals surface area contributed by atoms with Gasteiger partial charge in [-0.1, -0.05) is 41.9 Å². The van der Waals surface area contributed by atoms with Crippen molar-refractivity contribution in [1.29, 1.82) is 0 Å². The Morgan fingerprint density at radius 2 is 1.75 bits per heavy atom. The van der Waals surface area contributed by atoms with Gasteiger partial charge in [0.05, 0.1) is 18.4 Å². The maximum absolute atomic E-state index is 12.6. The number of nitrogens with one attached hydrogen (secondary N) is 1. The molecule has 0 heterocycles. The minimum atomic E-state index is -0.522. The van der Waals surface area contributed by atoms with Gasteiger partial charge in [-0.25, -0.2) is 10.2 Å². The fraction of sp³-hybridized carbons (Fsp3) is 0.250. The van der Waals surface area contributed by atoms with Crippen molar-refractivity contribution in [2.75, 3.05) is 13.2 Å². The van der Waals surface area contributed by atoms with Gasteiger partial charge in [0, 0.05) is 10.0 Å². The molecule has 0 spiro atoms. The molecule has 188 valence electrons. The van der Waals surface area contributed by atoms with E-state index in [1.807, 2.05) is 32.0 Å². The minimum absolute atomic E-state index is 0.182. The van der Waals surface area contributed by atoms with Gasteiger partial charge in [0.2, 0.25) is 0 Å². The first-order valence-corrected chi connectivity index (χ1v) is 12.4. The van der Waals surface area contributed by atoms with Crippen LogP contribution in [0, 0.1) is 6.92 Å². The molecule has 1 amide bonds. The molecule has 0 aliphatic carbocycles. The van der Waals surface area contributed by atoms with E-state index in [2.05, 4.69) is 40.3 Å². The number of hydrogen-bond donors (Lipinski definition) is 1. The van der Waals surface area contributed by atoms with Gasteiger partial charge in [-0.2, -0.15) is 5.10 Å². The van der Waals surface area contributed by atoms with E-state index in [0.717, 1.165) is 15.6 Å². The van der Waals surface area contributed by atoms with E-state index in [4.69, 9.17) is 14.2 Å². The Morgan fingerprint density at radius 1 is 1.00 bits per heavy atom. The molecule has 3 aromatic carbocycles. The van der Waals surface area contributed by atoms with Crippen LogP contribution in [0.3, 0.4) is 0 Å². The molecule has 0 bridgehead atoms. The molecule has 0 unspecified atom stereocenters. The molecule has 1 N–H and O–H groups in total. The van der Waals surface area contributed by atoms with Crippen LogP contribution in [-0.4, -0.2) is 31.3 Å². The van der Waals surface area contributed by atoms with Crippen molar-refractivity contribution in [2.24, 2.45) is 5.10 Å². The maximum atomic E-state index is 12.6. The molecule has 7 nitrogen and oxygen atoms in total. The highest BCUT2D eigenvalue weighted by molar-refractivity contribution is 9.10. The van der Waals surface area contributed by atoms with Crippen LogP contribution in [0.5, 0.6) is 17.2 Å². The number of hydrazone groups is 1. The molecule has 0 fully saturated rings. The first-order valence-electron chi connectivity index (χ1n) is 11.6. The molecule has 0 atom stereocenters. The Balaban J connectivity index is 1.63. The second-order valence-electron chi connectivity index (χ2n) is 8.31. The van der Waals surface area contributed by atoms with Gasteiger partial charge in [0.15, 0.2) is 6.61 Å². The molecule has 0 radical (unpaired) electrons. The van der Waals surface area contributed by atoms with Crippen molar-refractivity contribution in [3.8, 4) is 17.2 Å². The predicted molar refractivity (Wildman–Crippen MR) is 143 cm³/mol. The van der Waals surface area contributed by atoms with Crippen LogP contribution < -0.4 is 19.6 Å². The van der Waals surface area contributed by atoms with Crippen LogP contribution in [0.15, 0.2) is 70.2 Å². The average molecular weight is 553 g/mol. The molecular weight excluding hydrogens is 524 g/mol. The standard InChI is InChI=1S/C28H29BrN2O5/c1-5-34-23-10-7-20(8-11-23)28(33)36-25-13-9-22(29)15-21(25)16-30-31-27(32)17-35-26-14-19(4)6-12-24(26)18(2)3/h6-16,18H,5,17H2,1-4H3,(H,31,32)/b30-16+. The number of esters is 1. The SMILES string of the molecule is CCOc1ccc(C(=O)Oc2ccc(Br)cc2/C=N/NC(=O)COc2cc(C)ccc2C(C)C)cc1. The summed E-state index contributed by atoms with van der Waals surface area (Å²) in [6.45, 7) is 8.36. The zero-order valence-electron chi connectivity index (χ0n) is 20.7. The van der Waals surface area contributed by atoms with Gasteiger partial charge in [-0.3, -0.25) is 4.79 Å². The lowest BCUT2D eigenvalue weighted by atomic mass is 10.0. The van der Waals surface area contributed by atoms with Crippen molar-refractivity contribution in [3.05, 3.63) is 87.4 Å². The summed E-state index contributed by atoms with van der Waals surface area (Å²) in [5, 5.41) is 4.01. The molecule has 0 saturated carbocycles. The summed E-state index contributed by atoms with van der Waals surface area (Å²) in [4.78, 5) is 24.9. The summed E-state index contributed by atoms with van der Waals surface area (Å²) in [7, 11) is 0. The van der Waals surface area contributed by atoms with E-state index < -0.39 is 11.9 Å². The van der Waals surface area contributed by atoms with E-state index >= 15 is 0 Å². The lowest BCUT2D eigenvalue weighted by Crippen LogP contribution is -2.25. The zero-order valence-corrected chi connectivity index (χ0v) is 22.3. The summed E-state index contributed by atoms with van der Waals surface area (Å²) in [6, 6.07) is 17.8. The van der Waals surface area contributed by atoms with Crippen LogP contribution in [0.2, 0.25) is 0 Å². The Kier molecular flexibility index (Phi) is 9.64. The smallest absolute Gasteiger partial charge is 0.343 e. The average Bonchev–Trinajstić information content (AvgIpc) is 2.84. The van der Waals surface area contributed by atoms with E-state index in [1.54, 1.807) is 42.5 Å². The second-order valence-corrected chi connectivity index (χ2v) is 9.22. The monoisotopic (exact) mass is 552 g/mol. The first kappa shape index (κ1) is 26.9. The van der Waals surface area contributed by atoms with Gasteiger partial charge < -0.3 is 14.2 Å². The molecular formula is C28H29BrN2O5. The number of aryl methyl sites for hydroxylation is 1. The third-order valence-corrected chi connectivity index (χ3v) is 5.61. The largest absolute Gasteiger partial charge is 0.494 e. The number of carbonyl (C=O) groups excluding carboxylic acids is 2. The number of benzene rings is 3. The van der Waals surface area contributed by atoms with Crippen molar-refractivity contribution < 1.29 is 23.8 Å². The normalized spacial score (nSPS) is 10.9. The zero-order chi connectivity index (χ0) is 26.1. The second kappa shape index (κ2) is 12.9. The lowest BCUT2D eigenvalue weighted by Gasteiger charge is -2.14. The highest BCUT2D eigenvalue weighted by Gasteiger charge is 2.13. The van der Waals surface area contributed by atoms with Crippen LogP contribution in [-0.2, 0) is 4.79 Å². The van der Waals surface area contributed by atoms with Crippen LogP contribution in [0.4, 0.5) is 0 Å². The number of carbonyl (C=O) groups is 2. The highest BCUT2D eigenvalue weighted by atomic mass is 79.9. The van der Waals surface area contributed by atoms with E-state index in [9.17, 15) is 9.59 Å². The van der Waals surface area contributed by atoms with Crippen molar-refractivity contribution in [3.63, 3.8) is 0 Å². The van der Waals surface area contributed by atoms with Gasteiger partial charge in [-0.15, -0.1) is 0 Å². The third kappa shape index (κ3) is 7.68. The Bertz CT molecular complexity index is 1240. The summed E-state index contributed by atoms with van der Waals surface area (Å²) in [6.07, 6.45) is 1.41. The van der Waals surface area contributed by atoms with Crippen molar-refractivity contribution in [2.45, 2.75) is 33.6 Å². The lowest BCUT2D eigenvalue weighted by molar-refractivity contribution is -0.123. The summed E-state index contributed by atoms with van der Waals surface area (Å²) in [5.41, 5.74) is 5.42. The summed E-state index contributed by atoms with van der Waals surface area (Å²) < 4.78 is 17.5. The number of amides is 1. The van der Waals surface area contributed by atoms with E-state index in [-0.39, 0.29) is 12.5 Å². The van der Waals surface area contributed by atoms with Crippen LogP contribution >= 0.6 is 15.9 Å². The third-order valence-electron chi connectivity index (χ3n) is 5.12. The van der Waals surface area contributed by atoms with E-state index in [1.165, 1.54) is 6.21 Å². The van der Waals surface area contributed by atoms with Crippen molar-refractivity contribution >= 4 is 34.0 Å².